The molecule has 0 bridgehead atoms. The Morgan fingerprint density at radius 3 is 2.47 bits per heavy atom. The summed E-state index contributed by atoms with van der Waals surface area (Å²) < 4.78 is 26.6. The SMILES string of the molecule is CC(O)C1(c2ccc(F)c(Br)c2F)CC1. The van der Waals surface area contributed by atoms with Gasteiger partial charge < -0.3 is 5.11 Å². The summed E-state index contributed by atoms with van der Waals surface area (Å²) in [6.07, 6.45) is 0.892. The first-order chi connectivity index (χ1) is 6.99. The number of hydrogen-bond acceptors (Lipinski definition) is 1. The van der Waals surface area contributed by atoms with Crippen molar-refractivity contribution in [3.05, 3.63) is 33.8 Å². The molecule has 1 aliphatic carbocycles. The lowest BCUT2D eigenvalue weighted by molar-refractivity contribution is 0.148. The Morgan fingerprint density at radius 1 is 1.40 bits per heavy atom. The fourth-order valence-corrected chi connectivity index (χ4v) is 2.30. The molecule has 1 saturated carbocycles. The van der Waals surface area contributed by atoms with E-state index in [1.165, 1.54) is 12.1 Å². The lowest BCUT2D eigenvalue weighted by atomic mass is 9.90. The number of aliphatic hydroxyl groups excluding tert-OH is 1. The minimum absolute atomic E-state index is 0.146. The Bertz CT molecular complexity index is 400. The number of aliphatic hydroxyl groups is 1. The molecule has 15 heavy (non-hydrogen) atoms. The van der Waals surface area contributed by atoms with E-state index < -0.39 is 23.2 Å². The van der Waals surface area contributed by atoms with E-state index in [1.54, 1.807) is 6.92 Å². The molecule has 1 nitrogen and oxygen atoms in total. The minimum atomic E-state index is -0.613. The zero-order valence-electron chi connectivity index (χ0n) is 8.23. The Labute approximate surface area is 95.2 Å². The standard InChI is InChI=1S/C11H11BrF2O/c1-6(15)11(4-5-11)7-2-3-8(13)9(12)10(7)14/h2-3,6,15H,4-5H2,1H3. The number of rotatable bonds is 2. The maximum Gasteiger partial charge on any atom is 0.144 e. The summed E-state index contributed by atoms with van der Waals surface area (Å²) in [5.41, 5.74) is -0.0916. The van der Waals surface area contributed by atoms with Gasteiger partial charge in [0.1, 0.15) is 11.6 Å². The zero-order chi connectivity index (χ0) is 11.2. The monoisotopic (exact) mass is 276 g/mol. The first-order valence-corrected chi connectivity index (χ1v) is 5.60. The van der Waals surface area contributed by atoms with E-state index in [4.69, 9.17) is 0 Å². The molecule has 0 aromatic heterocycles. The van der Waals surface area contributed by atoms with Crippen molar-refractivity contribution in [2.45, 2.75) is 31.3 Å². The van der Waals surface area contributed by atoms with Crippen LogP contribution in [0.5, 0.6) is 0 Å². The largest absolute Gasteiger partial charge is 0.392 e. The van der Waals surface area contributed by atoms with Gasteiger partial charge in [-0.05, 0) is 47.3 Å². The molecular formula is C11H11BrF2O. The average molecular weight is 277 g/mol. The van der Waals surface area contributed by atoms with Gasteiger partial charge in [-0.1, -0.05) is 6.07 Å². The van der Waals surface area contributed by atoms with Gasteiger partial charge in [0, 0.05) is 5.41 Å². The molecule has 4 heteroatoms. The summed E-state index contributed by atoms with van der Waals surface area (Å²) in [6, 6.07) is 2.65. The topological polar surface area (TPSA) is 20.2 Å². The van der Waals surface area contributed by atoms with Gasteiger partial charge in [-0.25, -0.2) is 8.78 Å². The van der Waals surface area contributed by atoms with Crippen molar-refractivity contribution >= 4 is 15.9 Å². The number of halogens is 3. The van der Waals surface area contributed by atoms with Crippen LogP contribution in [0.2, 0.25) is 0 Å². The third-order valence-corrected chi connectivity index (χ3v) is 3.89. The molecule has 2 rings (SSSR count). The van der Waals surface area contributed by atoms with E-state index >= 15 is 0 Å². The highest BCUT2D eigenvalue weighted by Crippen LogP contribution is 2.52. The van der Waals surface area contributed by atoms with E-state index in [0.29, 0.717) is 5.56 Å². The summed E-state index contributed by atoms with van der Waals surface area (Å²) in [5.74, 6) is -1.20. The second-order valence-electron chi connectivity index (χ2n) is 4.06. The van der Waals surface area contributed by atoms with Crippen molar-refractivity contribution in [2.75, 3.05) is 0 Å². The van der Waals surface area contributed by atoms with Gasteiger partial charge in [0.2, 0.25) is 0 Å². The van der Waals surface area contributed by atoms with Gasteiger partial charge >= 0.3 is 0 Å². The first kappa shape index (κ1) is 11.0. The van der Waals surface area contributed by atoms with Crippen LogP contribution in [0.15, 0.2) is 16.6 Å². The van der Waals surface area contributed by atoms with Crippen molar-refractivity contribution in [3.63, 3.8) is 0 Å². The van der Waals surface area contributed by atoms with E-state index in [9.17, 15) is 13.9 Å². The molecule has 82 valence electrons. The van der Waals surface area contributed by atoms with Gasteiger partial charge in [-0.15, -0.1) is 0 Å². The van der Waals surface area contributed by atoms with Gasteiger partial charge in [-0.2, -0.15) is 0 Å². The Kier molecular flexibility index (Phi) is 2.59. The van der Waals surface area contributed by atoms with Crippen molar-refractivity contribution in [1.82, 2.24) is 0 Å². The van der Waals surface area contributed by atoms with Crippen LogP contribution in [0.25, 0.3) is 0 Å². The normalized spacial score (nSPS) is 20.1. The Hall–Kier alpha value is -0.480. The molecule has 1 N–H and O–H groups in total. The van der Waals surface area contributed by atoms with Gasteiger partial charge in [0.05, 0.1) is 10.6 Å². The molecule has 1 fully saturated rings. The molecule has 0 saturated heterocycles. The van der Waals surface area contributed by atoms with E-state index in [1.807, 2.05) is 0 Å². The molecule has 0 amide bonds. The quantitative estimate of drug-likeness (QED) is 0.823. The molecule has 0 heterocycles. The van der Waals surface area contributed by atoms with E-state index in [2.05, 4.69) is 15.9 Å². The Morgan fingerprint density at radius 2 is 2.00 bits per heavy atom. The fourth-order valence-electron chi connectivity index (χ4n) is 1.96. The zero-order valence-corrected chi connectivity index (χ0v) is 9.81. The predicted octanol–water partition coefficient (Wildman–Crippen LogP) is 3.14. The van der Waals surface area contributed by atoms with Crippen molar-refractivity contribution < 1.29 is 13.9 Å². The second kappa shape index (κ2) is 3.52. The molecule has 0 aliphatic heterocycles. The molecule has 1 aromatic carbocycles. The third kappa shape index (κ3) is 1.60. The van der Waals surface area contributed by atoms with E-state index in [0.717, 1.165) is 12.8 Å². The van der Waals surface area contributed by atoms with Gasteiger partial charge in [-0.3, -0.25) is 0 Å². The van der Waals surface area contributed by atoms with E-state index in [-0.39, 0.29) is 4.47 Å². The van der Waals surface area contributed by atoms with Crippen LogP contribution in [-0.4, -0.2) is 11.2 Å². The summed E-state index contributed by atoms with van der Waals surface area (Å²) >= 11 is 2.87. The Balaban J connectivity index is 2.51. The molecule has 1 aromatic rings. The summed E-state index contributed by atoms with van der Waals surface area (Å²) in [6.45, 7) is 1.64. The molecule has 1 atom stereocenters. The van der Waals surface area contributed by atoms with Crippen LogP contribution >= 0.6 is 15.9 Å². The lowest BCUT2D eigenvalue weighted by Crippen LogP contribution is -2.24. The van der Waals surface area contributed by atoms with Crippen molar-refractivity contribution in [2.24, 2.45) is 0 Å². The van der Waals surface area contributed by atoms with Crippen LogP contribution in [0.1, 0.15) is 25.3 Å². The lowest BCUT2D eigenvalue weighted by Gasteiger charge is -2.20. The predicted molar refractivity (Wildman–Crippen MR) is 56.7 cm³/mol. The van der Waals surface area contributed by atoms with Gasteiger partial charge in [0.25, 0.3) is 0 Å². The molecule has 1 unspecified atom stereocenters. The van der Waals surface area contributed by atoms with Gasteiger partial charge in [0.15, 0.2) is 0 Å². The smallest absolute Gasteiger partial charge is 0.144 e. The third-order valence-electron chi connectivity index (χ3n) is 3.16. The van der Waals surface area contributed by atoms with Crippen LogP contribution < -0.4 is 0 Å². The first-order valence-electron chi connectivity index (χ1n) is 4.81. The van der Waals surface area contributed by atoms with Crippen LogP contribution in [0, 0.1) is 11.6 Å². The maximum atomic E-state index is 13.8. The summed E-state index contributed by atoms with van der Waals surface area (Å²) in [5, 5.41) is 9.60. The average Bonchev–Trinajstić information content (AvgIpc) is 2.95. The molecule has 0 spiro atoms. The molecule has 1 aliphatic rings. The maximum absolute atomic E-state index is 13.8. The number of benzene rings is 1. The minimum Gasteiger partial charge on any atom is -0.392 e. The molecule has 0 radical (unpaired) electrons. The van der Waals surface area contributed by atoms with Crippen LogP contribution in [0.4, 0.5) is 8.78 Å². The highest BCUT2D eigenvalue weighted by molar-refractivity contribution is 9.10. The van der Waals surface area contributed by atoms with Crippen molar-refractivity contribution in [1.29, 1.82) is 0 Å². The highest BCUT2D eigenvalue weighted by atomic mass is 79.9. The summed E-state index contributed by atoms with van der Waals surface area (Å²) in [4.78, 5) is 0. The second-order valence-corrected chi connectivity index (χ2v) is 4.85. The fraction of sp³-hybridized carbons (Fsp3) is 0.455. The van der Waals surface area contributed by atoms with Crippen LogP contribution in [-0.2, 0) is 5.41 Å². The van der Waals surface area contributed by atoms with Crippen molar-refractivity contribution in [3.8, 4) is 0 Å². The summed E-state index contributed by atoms with van der Waals surface area (Å²) in [7, 11) is 0. The van der Waals surface area contributed by atoms with Crippen LogP contribution in [0.3, 0.4) is 0 Å². The number of hydrogen-bond donors (Lipinski definition) is 1. The highest BCUT2D eigenvalue weighted by Gasteiger charge is 2.50. The molecular weight excluding hydrogens is 266 g/mol.